The normalized spacial score (nSPS) is 22.7. The lowest BCUT2D eigenvalue weighted by molar-refractivity contribution is -0.123. The molecule has 0 radical (unpaired) electrons. The molecule has 140 valence electrons. The van der Waals surface area contributed by atoms with Gasteiger partial charge in [0.2, 0.25) is 5.91 Å². The van der Waals surface area contributed by atoms with Crippen molar-refractivity contribution in [3.8, 4) is 0 Å². The van der Waals surface area contributed by atoms with Gasteiger partial charge in [-0.2, -0.15) is 0 Å². The van der Waals surface area contributed by atoms with Crippen LogP contribution < -0.4 is 4.90 Å². The van der Waals surface area contributed by atoms with Crippen LogP contribution in [0.3, 0.4) is 0 Å². The van der Waals surface area contributed by atoms with Crippen LogP contribution in [0, 0.1) is 5.92 Å². The maximum Gasteiger partial charge on any atom is 0.237 e. The van der Waals surface area contributed by atoms with Crippen molar-refractivity contribution in [2.45, 2.75) is 19.2 Å². The summed E-state index contributed by atoms with van der Waals surface area (Å²) in [4.78, 5) is 14.8. The van der Waals surface area contributed by atoms with Crippen LogP contribution in [0.2, 0.25) is 0 Å². The Labute approximate surface area is 158 Å². The van der Waals surface area contributed by atoms with Crippen LogP contribution in [0.15, 0.2) is 79.2 Å². The van der Waals surface area contributed by atoms with E-state index in [9.17, 15) is 14.3 Å². The third-order valence-corrected chi connectivity index (χ3v) is 4.38. The van der Waals surface area contributed by atoms with Crippen LogP contribution >= 0.6 is 0 Å². The van der Waals surface area contributed by atoms with E-state index in [4.69, 9.17) is 4.74 Å². The highest BCUT2D eigenvalue weighted by Gasteiger charge is 2.26. The lowest BCUT2D eigenvalue weighted by Gasteiger charge is -2.25. The number of carbonyl (C=O) groups excluding carboxylic acids is 1. The molecule has 2 aromatic rings. The molecule has 1 N–H and O–H groups in total. The number of para-hydroxylation sites is 1. The second kappa shape index (κ2) is 9.14. The first-order chi connectivity index (χ1) is 13.2. The molecule has 2 unspecified atom stereocenters. The summed E-state index contributed by atoms with van der Waals surface area (Å²) in [5, 5.41) is 9.91. The van der Waals surface area contributed by atoms with Crippen molar-refractivity contribution >= 4 is 11.6 Å². The molecule has 0 fully saturated rings. The Kier molecular flexibility index (Phi) is 6.39. The van der Waals surface area contributed by atoms with E-state index in [2.05, 4.69) is 0 Å². The van der Waals surface area contributed by atoms with E-state index in [0.29, 0.717) is 17.7 Å². The number of ether oxygens (including phenoxy) is 1. The SMILES string of the molecule is O=C1C(Cc2ccc(CF)cc2)CO/C=C\C(O)/C=C\N1c1ccccc1. The van der Waals surface area contributed by atoms with E-state index in [-0.39, 0.29) is 12.5 Å². The Morgan fingerprint density at radius 3 is 2.44 bits per heavy atom. The van der Waals surface area contributed by atoms with Crippen molar-refractivity contribution in [1.82, 2.24) is 0 Å². The predicted molar refractivity (Wildman–Crippen MR) is 103 cm³/mol. The lowest BCUT2D eigenvalue weighted by Crippen LogP contribution is -2.36. The van der Waals surface area contributed by atoms with Crippen molar-refractivity contribution in [2.75, 3.05) is 11.5 Å². The maximum absolute atomic E-state index is 13.2. The van der Waals surface area contributed by atoms with Crippen LogP contribution in [0.25, 0.3) is 0 Å². The second-order valence-corrected chi connectivity index (χ2v) is 6.39. The summed E-state index contributed by atoms with van der Waals surface area (Å²) in [6, 6.07) is 16.4. The maximum atomic E-state index is 13.2. The second-order valence-electron chi connectivity index (χ2n) is 6.39. The molecule has 0 bridgehead atoms. The molecule has 0 aromatic heterocycles. The number of halogens is 1. The first-order valence-corrected chi connectivity index (χ1v) is 8.84. The molecular formula is C22H22FNO3. The molecule has 0 saturated heterocycles. The number of nitrogens with zero attached hydrogens (tertiary/aromatic N) is 1. The number of hydrogen-bond acceptors (Lipinski definition) is 3. The first-order valence-electron chi connectivity index (χ1n) is 8.84. The van der Waals surface area contributed by atoms with Crippen LogP contribution in [0.5, 0.6) is 0 Å². The Bertz CT molecular complexity index is 802. The van der Waals surface area contributed by atoms with E-state index < -0.39 is 18.7 Å². The van der Waals surface area contributed by atoms with Gasteiger partial charge in [-0.05, 0) is 41.8 Å². The van der Waals surface area contributed by atoms with E-state index in [1.54, 1.807) is 18.3 Å². The number of amides is 1. The minimum Gasteiger partial charge on any atom is -0.501 e. The number of benzene rings is 2. The van der Waals surface area contributed by atoms with Gasteiger partial charge in [0.1, 0.15) is 6.67 Å². The summed E-state index contributed by atoms with van der Waals surface area (Å²) < 4.78 is 18.2. The van der Waals surface area contributed by atoms with Crippen molar-refractivity contribution < 1.29 is 19.0 Å². The largest absolute Gasteiger partial charge is 0.501 e. The van der Waals surface area contributed by atoms with Crippen LogP contribution in [0.4, 0.5) is 10.1 Å². The van der Waals surface area contributed by atoms with Gasteiger partial charge in [0, 0.05) is 11.9 Å². The minimum absolute atomic E-state index is 0.130. The Balaban J connectivity index is 1.88. The van der Waals surface area contributed by atoms with Gasteiger partial charge in [0.05, 0.1) is 24.9 Å². The topological polar surface area (TPSA) is 49.8 Å². The van der Waals surface area contributed by atoms with E-state index in [1.807, 2.05) is 42.5 Å². The molecule has 5 heteroatoms. The summed E-state index contributed by atoms with van der Waals surface area (Å²) in [5.41, 5.74) is 2.26. The number of rotatable bonds is 4. The van der Waals surface area contributed by atoms with Crippen LogP contribution in [-0.4, -0.2) is 23.7 Å². The number of carbonyl (C=O) groups is 1. The standard InChI is InChI=1S/C22H22FNO3/c23-15-18-8-6-17(7-9-18)14-19-16-27-13-11-21(25)10-12-24(22(19)26)20-4-2-1-3-5-20/h1-13,19,21,25H,14-16H2/b12-10-,13-11-. The van der Waals surface area contributed by atoms with Crippen molar-refractivity contribution in [3.05, 3.63) is 90.3 Å². The monoisotopic (exact) mass is 367 g/mol. The van der Waals surface area contributed by atoms with Gasteiger partial charge in [0.25, 0.3) is 0 Å². The smallest absolute Gasteiger partial charge is 0.237 e. The Morgan fingerprint density at radius 1 is 1.04 bits per heavy atom. The van der Waals surface area contributed by atoms with Crippen LogP contribution in [-0.2, 0) is 22.6 Å². The molecule has 1 amide bonds. The van der Waals surface area contributed by atoms with E-state index in [0.717, 1.165) is 5.56 Å². The number of hydrogen-bond donors (Lipinski definition) is 1. The highest BCUT2D eigenvalue weighted by molar-refractivity contribution is 5.97. The quantitative estimate of drug-likeness (QED) is 0.895. The average Bonchev–Trinajstić information content (AvgIpc) is 2.71. The fraction of sp³-hybridized carbons (Fsp3) is 0.227. The summed E-state index contributed by atoms with van der Waals surface area (Å²) in [7, 11) is 0. The zero-order chi connectivity index (χ0) is 19.1. The predicted octanol–water partition coefficient (Wildman–Crippen LogP) is 3.77. The number of aliphatic hydroxyl groups excluding tert-OH is 1. The molecule has 1 heterocycles. The highest BCUT2D eigenvalue weighted by Crippen LogP contribution is 2.21. The number of aliphatic hydroxyl groups is 1. The molecule has 1 aliphatic rings. The van der Waals surface area contributed by atoms with Gasteiger partial charge in [0.15, 0.2) is 0 Å². The molecule has 2 aromatic carbocycles. The minimum atomic E-state index is -0.839. The zero-order valence-corrected chi connectivity index (χ0v) is 14.9. The third-order valence-electron chi connectivity index (χ3n) is 4.38. The van der Waals surface area contributed by atoms with Crippen LogP contribution in [0.1, 0.15) is 11.1 Å². The average molecular weight is 367 g/mol. The molecule has 1 aliphatic heterocycles. The van der Waals surface area contributed by atoms with Gasteiger partial charge < -0.3 is 9.84 Å². The summed E-state index contributed by atoms with van der Waals surface area (Å²) in [5.74, 6) is -0.555. The number of anilines is 1. The lowest BCUT2D eigenvalue weighted by atomic mass is 9.97. The summed E-state index contributed by atoms with van der Waals surface area (Å²) >= 11 is 0. The molecule has 0 saturated carbocycles. The van der Waals surface area contributed by atoms with Crippen molar-refractivity contribution in [1.29, 1.82) is 0 Å². The van der Waals surface area contributed by atoms with Gasteiger partial charge >= 0.3 is 0 Å². The fourth-order valence-corrected chi connectivity index (χ4v) is 2.88. The summed E-state index contributed by atoms with van der Waals surface area (Å²) in [6.45, 7) is -0.324. The van der Waals surface area contributed by atoms with Crippen molar-refractivity contribution in [3.63, 3.8) is 0 Å². The molecule has 0 aliphatic carbocycles. The molecule has 0 spiro atoms. The summed E-state index contributed by atoms with van der Waals surface area (Å²) in [6.07, 6.45) is 5.69. The third kappa shape index (κ3) is 5.05. The van der Waals surface area contributed by atoms with Gasteiger partial charge in [-0.15, -0.1) is 0 Å². The fourth-order valence-electron chi connectivity index (χ4n) is 2.88. The Morgan fingerprint density at radius 2 is 1.74 bits per heavy atom. The van der Waals surface area contributed by atoms with Gasteiger partial charge in [-0.3, -0.25) is 9.69 Å². The molecule has 27 heavy (non-hydrogen) atoms. The van der Waals surface area contributed by atoms with Gasteiger partial charge in [-0.1, -0.05) is 42.5 Å². The van der Waals surface area contributed by atoms with E-state index in [1.165, 1.54) is 23.3 Å². The molecule has 2 atom stereocenters. The number of alkyl halides is 1. The zero-order valence-electron chi connectivity index (χ0n) is 14.9. The Hall–Kier alpha value is -2.92. The van der Waals surface area contributed by atoms with E-state index >= 15 is 0 Å². The molecular weight excluding hydrogens is 345 g/mol. The highest BCUT2D eigenvalue weighted by atomic mass is 19.1. The first kappa shape index (κ1) is 18.9. The van der Waals surface area contributed by atoms with Crippen molar-refractivity contribution in [2.24, 2.45) is 5.92 Å². The molecule has 3 rings (SSSR count). The van der Waals surface area contributed by atoms with Gasteiger partial charge in [-0.25, -0.2) is 4.39 Å². The molecule has 4 nitrogen and oxygen atoms in total.